The van der Waals surface area contributed by atoms with Crippen LogP contribution in [0.5, 0.6) is 0 Å². The lowest BCUT2D eigenvalue weighted by atomic mass is 10.0. The van der Waals surface area contributed by atoms with Crippen LogP contribution in [0.4, 0.5) is 8.78 Å². The minimum atomic E-state index is -0.620. The first kappa shape index (κ1) is 29.4. The average Bonchev–Trinajstić information content (AvgIpc) is 3.79. The molecule has 1 N–H and O–H groups in total. The van der Waals surface area contributed by atoms with Gasteiger partial charge in [-0.2, -0.15) is 5.10 Å². The van der Waals surface area contributed by atoms with Crippen LogP contribution in [-0.2, 0) is 11.3 Å². The molecule has 3 aromatic carbocycles. The Morgan fingerprint density at radius 2 is 1.82 bits per heavy atom. The number of thiophene rings is 1. The molecular formula is C32H26F2N6O2S2. The quantitative estimate of drug-likeness (QED) is 0.193. The summed E-state index contributed by atoms with van der Waals surface area (Å²) in [4.78, 5) is 27.3. The SMILES string of the molecule is Cc1cccc(-n2c(CNC(=O)c3ccccc3F)nnc2SCC(=O)N2N=C(c3cccs3)C[C@@H]2c2ccc(F)cc2)c1. The molecule has 8 nitrogen and oxygen atoms in total. The van der Waals surface area contributed by atoms with Gasteiger partial charge in [-0.25, -0.2) is 13.8 Å². The third kappa shape index (κ3) is 6.31. The monoisotopic (exact) mass is 628 g/mol. The predicted octanol–water partition coefficient (Wildman–Crippen LogP) is 6.32. The van der Waals surface area contributed by atoms with Gasteiger partial charge in [-0.15, -0.1) is 21.5 Å². The number of halogens is 2. The summed E-state index contributed by atoms with van der Waals surface area (Å²) >= 11 is 2.74. The number of hydrogen-bond donors (Lipinski definition) is 1. The lowest BCUT2D eigenvalue weighted by molar-refractivity contribution is -0.130. The van der Waals surface area contributed by atoms with E-state index in [0.717, 1.165) is 27.4 Å². The zero-order valence-electron chi connectivity index (χ0n) is 23.5. The molecule has 0 radical (unpaired) electrons. The van der Waals surface area contributed by atoms with Gasteiger partial charge in [0.1, 0.15) is 11.6 Å². The number of nitrogens with one attached hydrogen (secondary N) is 1. The van der Waals surface area contributed by atoms with Crippen molar-refractivity contribution < 1.29 is 18.4 Å². The lowest BCUT2D eigenvalue weighted by Gasteiger charge is -2.22. The van der Waals surface area contributed by atoms with E-state index >= 15 is 0 Å². The molecule has 5 aromatic rings. The summed E-state index contributed by atoms with van der Waals surface area (Å²) in [7, 11) is 0. The third-order valence-corrected chi connectivity index (χ3v) is 8.87. The number of aryl methyl sites for hydroxylation is 1. The van der Waals surface area contributed by atoms with Crippen molar-refractivity contribution in [2.45, 2.75) is 31.1 Å². The van der Waals surface area contributed by atoms with Crippen molar-refractivity contribution in [2.75, 3.05) is 5.75 Å². The van der Waals surface area contributed by atoms with Crippen molar-refractivity contribution in [3.8, 4) is 5.69 Å². The predicted molar refractivity (Wildman–Crippen MR) is 166 cm³/mol. The fourth-order valence-electron chi connectivity index (χ4n) is 4.90. The molecule has 12 heteroatoms. The second-order valence-corrected chi connectivity index (χ2v) is 11.9. The number of thioether (sulfide) groups is 1. The standard InChI is InChI=1S/C32H26F2N6O2S2/c1-20-6-4-7-23(16-20)39-29(18-35-31(42)24-8-2-3-9-25(24)34)36-37-32(39)44-19-30(41)40-27(21-11-13-22(33)14-12-21)17-26(38-40)28-10-5-15-43-28/h2-16,27H,17-19H2,1H3,(H,35,42)/t27-/m1/s1. The van der Waals surface area contributed by atoms with Crippen LogP contribution in [0.3, 0.4) is 0 Å². The molecule has 0 aliphatic carbocycles. The fourth-order valence-corrected chi connectivity index (χ4v) is 6.45. The van der Waals surface area contributed by atoms with Crippen LogP contribution in [0.25, 0.3) is 5.69 Å². The highest BCUT2D eigenvalue weighted by molar-refractivity contribution is 7.99. The molecule has 2 amide bonds. The molecule has 0 saturated heterocycles. The molecule has 0 saturated carbocycles. The van der Waals surface area contributed by atoms with E-state index in [-0.39, 0.29) is 35.6 Å². The van der Waals surface area contributed by atoms with Gasteiger partial charge in [-0.05, 0) is 65.9 Å². The highest BCUT2D eigenvalue weighted by Crippen LogP contribution is 2.35. The van der Waals surface area contributed by atoms with Crippen molar-refractivity contribution in [1.29, 1.82) is 0 Å². The fraction of sp³-hybridized carbons (Fsp3) is 0.156. The lowest BCUT2D eigenvalue weighted by Crippen LogP contribution is -2.28. The van der Waals surface area contributed by atoms with Crippen LogP contribution >= 0.6 is 23.1 Å². The number of carbonyl (C=O) groups excluding carboxylic acids is 2. The Morgan fingerprint density at radius 3 is 2.57 bits per heavy atom. The Hall–Kier alpha value is -4.68. The van der Waals surface area contributed by atoms with Gasteiger partial charge in [0.15, 0.2) is 11.0 Å². The number of hydrazone groups is 1. The Balaban J connectivity index is 1.24. The van der Waals surface area contributed by atoms with Crippen molar-refractivity contribution in [1.82, 2.24) is 25.1 Å². The van der Waals surface area contributed by atoms with Crippen LogP contribution in [0, 0.1) is 18.6 Å². The van der Waals surface area contributed by atoms with Gasteiger partial charge in [-0.1, -0.05) is 54.2 Å². The van der Waals surface area contributed by atoms with Gasteiger partial charge in [0.05, 0.1) is 34.5 Å². The van der Waals surface area contributed by atoms with Crippen LogP contribution in [-0.4, -0.2) is 43.1 Å². The largest absolute Gasteiger partial charge is 0.345 e. The summed E-state index contributed by atoms with van der Waals surface area (Å²) in [5.74, 6) is -1.37. The number of nitrogens with zero attached hydrogens (tertiary/aromatic N) is 5. The first-order chi connectivity index (χ1) is 21.4. The second kappa shape index (κ2) is 12.9. The number of carbonyl (C=O) groups is 2. The molecule has 44 heavy (non-hydrogen) atoms. The van der Waals surface area contributed by atoms with E-state index in [9.17, 15) is 18.4 Å². The molecule has 0 bridgehead atoms. The minimum absolute atomic E-state index is 0.00441. The van der Waals surface area contributed by atoms with E-state index in [4.69, 9.17) is 0 Å². The van der Waals surface area contributed by atoms with E-state index in [1.807, 2.05) is 48.7 Å². The van der Waals surface area contributed by atoms with E-state index < -0.39 is 11.7 Å². The topological polar surface area (TPSA) is 92.5 Å². The summed E-state index contributed by atoms with van der Waals surface area (Å²) in [5.41, 5.74) is 3.26. The second-order valence-electron chi connectivity index (χ2n) is 10.1. The van der Waals surface area contributed by atoms with Crippen LogP contribution in [0.15, 0.2) is 101 Å². The van der Waals surface area contributed by atoms with Crippen molar-refractivity contribution in [3.63, 3.8) is 0 Å². The maximum absolute atomic E-state index is 14.2. The first-order valence-electron chi connectivity index (χ1n) is 13.7. The summed E-state index contributed by atoms with van der Waals surface area (Å²) in [5, 5.41) is 19.9. The summed E-state index contributed by atoms with van der Waals surface area (Å²) in [6.07, 6.45) is 0.508. The Kier molecular flexibility index (Phi) is 8.62. The number of hydrogen-bond acceptors (Lipinski definition) is 7. The van der Waals surface area contributed by atoms with Gasteiger partial charge in [0.2, 0.25) is 0 Å². The molecule has 1 aliphatic heterocycles. The highest BCUT2D eigenvalue weighted by Gasteiger charge is 2.33. The van der Waals surface area contributed by atoms with E-state index in [1.54, 1.807) is 34.1 Å². The Labute approximate surface area is 260 Å². The molecule has 0 unspecified atom stereocenters. The van der Waals surface area contributed by atoms with Crippen molar-refractivity contribution >= 4 is 40.6 Å². The molecular weight excluding hydrogens is 603 g/mol. The Bertz CT molecular complexity index is 1840. The van der Waals surface area contributed by atoms with E-state index in [0.29, 0.717) is 17.4 Å². The smallest absolute Gasteiger partial charge is 0.254 e. The normalized spacial score (nSPS) is 14.5. The van der Waals surface area contributed by atoms with Gasteiger partial charge >= 0.3 is 0 Å². The highest BCUT2D eigenvalue weighted by atomic mass is 32.2. The number of rotatable bonds is 9. The van der Waals surface area contributed by atoms with Gasteiger partial charge in [0, 0.05) is 12.1 Å². The third-order valence-electron chi connectivity index (χ3n) is 7.04. The molecule has 0 spiro atoms. The molecule has 1 atom stereocenters. The van der Waals surface area contributed by atoms with E-state index in [2.05, 4.69) is 20.6 Å². The molecule has 0 fully saturated rings. The van der Waals surface area contributed by atoms with Crippen LogP contribution in [0.1, 0.15) is 44.6 Å². The summed E-state index contributed by atoms with van der Waals surface area (Å²) < 4.78 is 29.6. The van der Waals surface area contributed by atoms with E-state index in [1.165, 1.54) is 47.1 Å². The van der Waals surface area contributed by atoms with Gasteiger partial charge < -0.3 is 5.32 Å². The van der Waals surface area contributed by atoms with Crippen LogP contribution in [0.2, 0.25) is 0 Å². The first-order valence-corrected chi connectivity index (χ1v) is 15.6. The maximum atomic E-state index is 14.2. The zero-order chi connectivity index (χ0) is 30.6. The molecule has 1 aliphatic rings. The van der Waals surface area contributed by atoms with Gasteiger partial charge in [0.25, 0.3) is 11.8 Å². The molecule has 2 aromatic heterocycles. The molecule has 222 valence electrons. The van der Waals surface area contributed by atoms with Crippen LogP contribution < -0.4 is 5.32 Å². The molecule has 6 rings (SSSR count). The average molecular weight is 629 g/mol. The van der Waals surface area contributed by atoms with Crippen molar-refractivity contribution in [2.24, 2.45) is 5.10 Å². The van der Waals surface area contributed by atoms with Crippen molar-refractivity contribution in [3.05, 3.63) is 129 Å². The Morgan fingerprint density at radius 1 is 1.00 bits per heavy atom. The number of benzene rings is 3. The zero-order valence-corrected chi connectivity index (χ0v) is 25.1. The number of aromatic nitrogens is 3. The van der Waals surface area contributed by atoms with Gasteiger partial charge in [-0.3, -0.25) is 14.2 Å². The molecule has 3 heterocycles. The summed E-state index contributed by atoms with van der Waals surface area (Å²) in [6, 6.07) is 23.1. The summed E-state index contributed by atoms with van der Waals surface area (Å²) in [6.45, 7) is 1.94. The maximum Gasteiger partial charge on any atom is 0.254 e. The minimum Gasteiger partial charge on any atom is -0.345 e. The number of amides is 2.